The van der Waals surface area contributed by atoms with Gasteiger partial charge in [0, 0.05) is 17.5 Å². The van der Waals surface area contributed by atoms with Gasteiger partial charge < -0.3 is 5.11 Å². The molecule has 1 aliphatic carbocycles. The van der Waals surface area contributed by atoms with E-state index in [-0.39, 0.29) is 17.2 Å². The van der Waals surface area contributed by atoms with Crippen molar-refractivity contribution in [3.05, 3.63) is 35.4 Å². The fraction of sp³-hybridized carbons (Fsp3) is 0.333. The Hall–Kier alpha value is -1.36. The zero-order valence-electron chi connectivity index (χ0n) is 8.89. The first-order valence-corrected chi connectivity index (χ1v) is 6.07. The quantitative estimate of drug-likeness (QED) is 0.804. The molecule has 1 amide bonds. The molecule has 0 saturated heterocycles. The molecule has 1 fully saturated rings. The molecule has 1 saturated carbocycles. The van der Waals surface area contributed by atoms with Crippen molar-refractivity contribution in [2.45, 2.75) is 11.8 Å². The van der Waals surface area contributed by atoms with Crippen molar-refractivity contribution in [3.8, 4) is 0 Å². The van der Waals surface area contributed by atoms with Crippen LogP contribution in [0.15, 0.2) is 24.3 Å². The summed E-state index contributed by atoms with van der Waals surface area (Å²) in [5.74, 6) is -1.26. The van der Waals surface area contributed by atoms with Crippen LogP contribution in [0.2, 0.25) is 0 Å². The van der Waals surface area contributed by atoms with E-state index in [0.717, 1.165) is 5.56 Å². The molecule has 17 heavy (non-hydrogen) atoms. The zero-order chi connectivity index (χ0) is 12.2. The summed E-state index contributed by atoms with van der Waals surface area (Å²) in [7, 11) is 0. The van der Waals surface area contributed by atoms with Crippen LogP contribution in [-0.2, 0) is 10.2 Å². The minimum absolute atomic E-state index is 0.0951. The van der Waals surface area contributed by atoms with Crippen molar-refractivity contribution in [3.63, 3.8) is 0 Å². The van der Waals surface area contributed by atoms with Gasteiger partial charge >= 0.3 is 5.97 Å². The largest absolute Gasteiger partial charge is 0.481 e. The maximum Gasteiger partial charge on any atom is 0.307 e. The standard InChI is InChI=1S/C12H10BrNO3/c13-14-6-12(5-9(12)11(16)17)8-4-2-1-3-7(8)10(14)15/h1-4,9H,5-6H2,(H,16,17). The molecule has 1 aliphatic heterocycles. The number of nitrogens with zero attached hydrogens (tertiary/aromatic N) is 1. The lowest BCUT2D eigenvalue weighted by Crippen LogP contribution is -2.39. The number of carbonyl (C=O) groups excluding carboxylic acids is 1. The summed E-state index contributed by atoms with van der Waals surface area (Å²) in [5, 5.41) is 9.13. The Morgan fingerprint density at radius 3 is 2.82 bits per heavy atom. The highest BCUT2D eigenvalue weighted by Gasteiger charge is 2.63. The molecule has 2 unspecified atom stereocenters. The second-order valence-corrected chi connectivity index (χ2v) is 5.48. The van der Waals surface area contributed by atoms with E-state index in [0.29, 0.717) is 18.5 Å². The van der Waals surface area contributed by atoms with Crippen LogP contribution < -0.4 is 0 Å². The lowest BCUT2D eigenvalue weighted by molar-refractivity contribution is -0.139. The van der Waals surface area contributed by atoms with Crippen LogP contribution in [-0.4, -0.2) is 27.5 Å². The molecule has 0 aromatic heterocycles. The van der Waals surface area contributed by atoms with Crippen LogP contribution in [0.5, 0.6) is 0 Å². The predicted molar refractivity (Wildman–Crippen MR) is 63.8 cm³/mol. The molecule has 1 heterocycles. The molecule has 1 aromatic carbocycles. The van der Waals surface area contributed by atoms with Gasteiger partial charge in [-0.25, -0.2) is 0 Å². The van der Waals surface area contributed by atoms with Crippen molar-refractivity contribution in [1.29, 1.82) is 0 Å². The van der Waals surface area contributed by atoms with Gasteiger partial charge in [0.1, 0.15) is 0 Å². The Bertz CT molecular complexity index is 530. The van der Waals surface area contributed by atoms with Gasteiger partial charge in [-0.1, -0.05) is 18.2 Å². The first kappa shape index (κ1) is 10.8. The molecule has 4 nitrogen and oxygen atoms in total. The summed E-state index contributed by atoms with van der Waals surface area (Å²) in [6.07, 6.45) is 0.606. The molecule has 88 valence electrons. The number of carboxylic acid groups (broad SMARTS) is 1. The highest BCUT2D eigenvalue weighted by molar-refractivity contribution is 9.07. The van der Waals surface area contributed by atoms with Gasteiger partial charge in [-0.15, -0.1) is 0 Å². The molecule has 0 bridgehead atoms. The second-order valence-electron chi connectivity index (χ2n) is 4.62. The van der Waals surface area contributed by atoms with E-state index in [1.807, 2.05) is 12.1 Å². The van der Waals surface area contributed by atoms with Crippen molar-refractivity contribution < 1.29 is 14.7 Å². The molecule has 1 N–H and O–H groups in total. The minimum Gasteiger partial charge on any atom is -0.481 e. The maximum atomic E-state index is 11.9. The van der Waals surface area contributed by atoms with Crippen LogP contribution in [0.25, 0.3) is 0 Å². The van der Waals surface area contributed by atoms with Gasteiger partial charge in [-0.2, -0.15) is 0 Å². The number of carboxylic acids is 1. The summed E-state index contributed by atoms with van der Waals surface area (Å²) >= 11 is 3.21. The highest BCUT2D eigenvalue weighted by Crippen LogP contribution is 2.57. The number of benzene rings is 1. The number of hydrogen-bond donors (Lipinski definition) is 1. The molecular formula is C12H10BrNO3. The molecule has 3 rings (SSSR count). The third-order valence-electron chi connectivity index (χ3n) is 3.71. The van der Waals surface area contributed by atoms with Gasteiger partial charge in [-0.3, -0.25) is 13.5 Å². The highest BCUT2D eigenvalue weighted by atomic mass is 79.9. The Balaban J connectivity index is 2.13. The number of carbonyl (C=O) groups is 2. The van der Waals surface area contributed by atoms with E-state index in [1.54, 1.807) is 12.1 Å². The van der Waals surface area contributed by atoms with Crippen molar-refractivity contribution in [1.82, 2.24) is 3.93 Å². The van der Waals surface area contributed by atoms with Crippen LogP contribution >= 0.6 is 16.1 Å². The van der Waals surface area contributed by atoms with E-state index < -0.39 is 5.97 Å². The fourth-order valence-electron chi connectivity index (χ4n) is 2.74. The van der Waals surface area contributed by atoms with E-state index in [2.05, 4.69) is 16.1 Å². The summed E-state index contributed by atoms with van der Waals surface area (Å²) < 4.78 is 1.44. The van der Waals surface area contributed by atoms with Gasteiger partial charge in [-0.05, 0) is 18.1 Å². The first-order chi connectivity index (χ1) is 8.06. The maximum absolute atomic E-state index is 11.9. The van der Waals surface area contributed by atoms with E-state index in [1.165, 1.54) is 3.93 Å². The Labute approximate surface area is 107 Å². The van der Waals surface area contributed by atoms with Gasteiger partial charge in [0.25, 0.3) is 5.91 Å². The topological polar surface area (TPSA) is 57.6 Å². The minimum atomic E-state index is -0.782. The number of rotatable bonds is 1. The van der Waals surface area contributed by atoms with E-state index in [4.69, 9.17) is 5.11 Å². The first-order valence-electron chi connectivity index (χ1n) is 5.36. The van der Waals surface area contributed by atoms with Gasteiger partial charge in [0.05, 0.1) is 22.1 Å². The molecule has 2 aliphatic rings. The SMILES string of the molecule is O=C(O)C1CC12CN(Br)C(=O)c1ccccc12. The molecule has 0 radical (unpaired) electrons. The van der Waals surface area contributed by atoms with Gasteiger partial charge in [0.2, 0.25) is 0 Å². The second kappa shape index (κ2) is 3.32. The number of fused-ring (bicyclic) bond motifs is 2. The summed E-state index contributed by atoms with van der Waals surface area (Å²) in [5.41, 5.74) is 1.10. The Morgan fingerprint density at radius 1 is 1.47 bits per heavy atom. The zero-order valence-corrected chi connectivity index (χ0v) is 10.5. The average Bonchev–Trinajstić information content (AvgIpc) is 3.02. The smallest absolute Gasteiger partial charge is 0.307 e. The lowest BCUT2D eigenvalue weighted by atomic mass is 9.86. The van der Waals surface area contributed by atoms with E-state index >= 15 is 0 Å². The van der Waals surface area contributed by atoms with Crippen molar-refractivity contribution in [2.75, 3.05) is 6.54 Å². The summed E-state index contributed by atoms with van der Waals surface area (Å²) in [4.78, 5) is 23.1. The third-order valence-corrected chi connectivity index (χ3v) is 4.28. The number of aliphatic carboxylic acids is 1. The summed E-state index contributed by atoms with van der Waals surface area (Å²) in [6.45, 7) is 0.430. The number of halogens is 1. The number of amides is 1. The molecule has 2 atom stereocenters. The van der Waals surface area contributed by atoms with E-state index in [9.17, 15) is 9.59 Å². The molecule has 1 spiro atoms. The van der Waals surface area contributed by atoms with Gasteiger partial charge in [0.15, 0.2) is 0 Å². The molecular weight excluding hydrogens is 286 g/mol. The summed E-state index contributed by atoms with van der Waals surface area (Å²) in [6, 6.07) is 7.28. The predicted octanol–water partition coefficient (Wildman–Crippen LogP) is 1.79. The van der Waals surface area contributed by atoms with Crippen LogP contribution in [0.4, 0.5) is 0 Å². The van der Waals surface area contributed by atoms with Crippen molar-refractivity contribution >= 4 is 28.0 Å². The Kier molecular flexibility index (Phi) is 2.10. The fourth-order valence-corrected chi connectivity index (χ4v) is 3.38. The molecule has 1 aromatic rings. The van der Waals surface area contributed by atoms with Crippen molar-refractivity contribution in [2.24, 2.45) is 5.92 Å². The van der Waals surface area contributed by atoms with Crippen LogP contribution in [0.3, 0.4) is 0 Å². The normalized spacial score (nSPS) is 30.3. The lowest BCUT2D eigenvalue weighted by Gasteiger charge is -2.30. The number of hydrogen-bond acceptors (Lipinski definition) is 2. The van der Waals surface area contributed by atoms with Crippen LogP contribution in [0, 0.1) is 5.92 Å². The Morgan fingerprint density at radius 2 is 2.18 bits per heavy atom. The third kappa shape index (κ3) is 1.35. The van der Waals surface area contributed by atoms with Crippen LogP contribution in [0.1, 0.15) is 22.3 Å². The monoisotopic (exact) mass is 295 g/mol. The molecule has 5 heteroatoms. The average molecular weight is 296 g/mol.